The maximum Gasteiger partial charge on any atom is 0.119 e. The molecule has 138 valence electrons. The van der Waals surface area contributed by atoms with Gasteiger partial charge in [0.15, 0.2) is 0 Å². The highest BCUT2D eigenvalue weighted by atomic mass is 16.5. The Labute approximate surface area is 150 Å². The molecule has 0 amide bonds. The monoisotopic (exact) mass is 334 g/mol. The summed E-state index contributed by atoms with van der Waals surface area (Å²) in [6, 6.07) is 16.0. The number of rotatable bonds is 3. The first kappa shape index (κ1) is 26.9. The summed E-state index contributed by atoms with van der Waals surface area (Å²) in [4.78, 5) is 0. The minimum absolute atomic E-state index is 0.861. The molecule has 0 saturated heterocycles. The van der Waals surface area contributed by atoms with E-state index >= 15 is 0 Å². The van der Waals surface area contributed by atoms with Crippen LogP contribution in [0.3, 0.4) is 0 Å². The second-order valence-corrected chi connectivity index (χ2v) is 3.46. The van der Waals surface area contributed by atoms with E-state index in [1.54, 1.807) is 14.2 Å². The summed E-state index contributed by atoms with van der Waals surface area (Å²) >= 11 is 0. The minimum Gasteiger partial charge on any atom is -0.497 e. The summed E-state index contributed by atoms with van der Waals surface area (Å²) in [6.45, 7) is 16.0. The van der Waals surface area contributed by atoms with E-state index in [0.29, 0.717) is 0 Å². The van der Waals surface area contributed by atoms with Crippen LogP contribution in [0.25, 0.3) is 11.1 Å². The van der Waals surface area contributed by atoms with Crippen molar-refractivity contribution in [3.05, 3.63) is 48.5 Å². The van der Waals surface area contributed by atoms with Crippen molar-refractivity contribution < 1.29 is 9.47 Å². The lowest BCUT2D eigenvalue weighted by Gasteiger charge is -2.06. The van der Waals surface area contributed by atoms with Gasteiger partial charge in [0, 0.05) is 0 Å². The number of benzene rings is 2. The Balaban J connectivity index is -0.000000484. The number of hydrogen-bond acceptors (Lipinski definition) is 2. The van der Waals surface area contributed by atoms with Crippen molar-refractivity contribution in [2.45, 2.75) is 55.4 Å². The van der Waals surface area contributed by atoms with Gasteiger partial charge >= 0.3 is 0 Å². The molecule has 0 N–H and O–H groups in total. The average molecular weight is 335 g/mol. The molecule has 2 aromatic rings. The van der Waals surface area contributed by atoms with Crippen molar-refractivity contribution in [1.82, 2.24) is 0 Å². The van der Waals surface area contributed by atoms with E-state index in [0.717, 1.165) is 22.6 Å². The Hall–Kier alpha value is -1.96. The molecule has 0 radical (unpaired) electrons. The highest BCUT2D eigenvalue weighted by Gasteiger charge is 2.00. The van der Waals surface area contributed by atoms with E-state index in [1.807, 2.05) is 91.8 Å². The molecule has 2 heteroatoms. The highest BCUT2D eigenvalue weighted by Crippen LogP contribution is 2.26. The summed E-state index contributed by atoms with van der Waals surface area (Å²) in [5, 5.41) is 0. The van der Waals surface area contributed by atoms with Gasteiger partial charge in [-0.05, 0) is 35.4 Å². The molecule has 0 spiro atoms. The second kappa shape index (κ2) is 21.0. The average Bonchev–Trinajstić information content (AvgIpc) is 2.74. The zero-order chi connectivity index (χ0) is 19.4. The van der Waals surface area contributed by atoms with Crippen LogP contribution < -0.4 is 9.47 Å². The van der Waals surface area contributed by atoms with Gasteiger partial charge < -0.3 is 9.47 Å². The second-order valence-electron chi connectivity index (χ2n) is 3.46. The summed E-state index contributed by atoms with van der Waals surface area (Å²) in [7, 11) is 3.34. The molecule has 0 bridgehead atoms. The summed E-state index contributed by atoms with van der Waals surface area (Å²) in [5.41, 5.74) is 2.25. The third kappa shape index (κ3) is 10.7. The molecule has 2 rings (SSSR count). The van der Waals surface area contributed by atoms with E-state index in [9.17, 15) is 0 Å². The first-order valence-corrected chi connectivity index (χ1v) is 9.12. The van der Waals surface area contributed by atoms with E-state index in [-0.39, 0.29) is 0 Å². The predicted molar refractivity (Wildman–Crippen MR) is 110 cm³/mol. The van der Waals surface area contributed by atoms with Crippen LogP contribution >= 0.6 is 0 Å². The quantitative estimate of drug-likeness (QED) is 0.579. The summed E-state index contributed by atoms with van der Waals surface area (Å²) in [5.74, 6) is 1.72. The Morgan fingerprint density at radius 1 is 0.500 bits per heavy atom. The van der Waals surface area contributed by atoms with Crippen molar-refractivity contribution in [2.75, 3.05) is 14.2 Å². The zero-order valence-corrected chi connectivity index (χ0v) is 17.4. The summed E-state index contributed by atoms with van der Waals surface area (Å²) in [6.07, 6.45) is 0. The number of ether oxygens (including phenoxy) is 2. The first-order chi connectivity index (χ1) is 11.8. The predicted octanol–water partition coefficient (Wildman–Crippen LogP) is 7.48. The molecule has 0 aliphatic carbocycles. The van der Waals surface area contributed by atoms with Gasteiger partial charge in [0.05, 0.1) is 14.2 Å². The molecule has 0 fully saturated rings. The zero-order valence-electron chi connectivity index (χ0n) is 17.4. The van der Waals surface area contributed by atoms with Crippen LogP contribution in [0, 0.1) is 0 Å². The van der Waals surface area contributed by atoms with Gasteiger partial charge in [-0.3, -0.25) is 0 Å². The number of methoxy groups -OCH3 is 2. The standard InChI is InChI=1S/C14H14O2.4C2H6/c1-15-13-7-3-5-11(9-13)12-6-4-8-14(10-12)16-2;4*1-2/h3-10H,1-2H3;4*1-2H3. The van der Waals surface area contributed by atoms with Crippen molar-refractivity contribution in [1.29, 1.82) is 0 Å². The lowest BCUT2D eigenvalue weighted by Crippen LogP contribution is -1.85. The van der Waals surface area contributed by atoms with Gasteiger partial charge in [0.1, 0.15) is 11.5 Å². The van der Waals surface area contributed by atoms with Crippen molar-refractivity contribution in [3.8, 4) is 22.6 Å². The van der Waals surface area contributed by atoms with Crippen LogP contribution in [0.4, 0.5) is 0 Å². The van der Waals surface area contributed by atoms with Crippen molar-refractivity contribution >= 4 is 0 Å². The van der Waals surface area contributed by atoms with E-state index in [2.05, 4.69) is 12.1 Å². The molecule has 0 atom stereocenters. The van der Waals surface area contributed by atoms with Gasteiger partial charge in [-0.25, -0.2) is 0 Å². The maximum atomic E-state index is 5.20. The fourth-order valence-electron chi connectivity index (χ4n) is 1.61. The van der Waals surface area contributed by atoms with Crippen molar-refractivity contribution in [2.24, 2.45) is 0 Å². The molecule has 0 unspecified atom stereocenters. The van der Waals surface area contributed by atoms with Crippen LogP contribution in [0.1, 0.15) is 55.4 Å². The fourth-order valence-corrected chi connectivity index (χ4v) is 1.61. The van der Waals surface area contributed by atoms with Crippen LogP contribution in [0.5, 0.6) is 11.5 Å². The minimum atomic E-state index is 0.861. The largest absolute Gasteiger partial charge is 0.497 e. The molecule has 0 aliphatic heterocycles. The Kier molecular flexibility index (Phi) is 23.6. The Morgan fingerprint density at radius 2 is 0.792 bits per heavy atom. The fraction of sp³-hybridized carbons (Fsp3) is 0.455. The molecule has 2 aromatic carbocycles. The molecular formula is C22H38O2. The van der Waals surface area contributed by atoms with Gasteiger partial charge in [-0.2, -0.15) is 0 Å². The SMILES string of the molecule is CC.CC.CC.CC.COc1cccc(-c2cccc(OC)c2)c1. The van der Waals surface area contributed by atoms with E-state index in [1.165, 1.54) is 0 Å². The smallest absolute Gasteiger partial charge is 0.119 e. The maximum absolute atomic E-state index is 5.20. The molecule has 24 heavy (non-hydrogen) atoms. The molecule has 0 heterocycles. The van der Waals surface area contributed by atoms with Crippen LogP contribution in [0.15, 0.2) is 48.5 Å². The lowest BCUT2D eigenvalue weighted by molar-refractivity contribution is 0.414. The Morgan fingerprint density at radius 3 is 1.04 bits per heavy atom. The lowest BCUT2D eigenvalue weighted by atomic mass is 10.1. The van der Waals surface area contributed by atoms with Gasteiger partial charge in [0.2, 0.25) is 0 Å². The van der Waals surface area contributed by atoms with Gasteiger partial charge in [0.25, 0.3) is 0 Å². The molecule has 2 nitrogen and oxygen atoms in total. The van der Waals surface area contributed by atoms with Gasteiger partial charge in [-0.15, -0.1) is 0 Å². The van der Waals surface area contributed by atoms with Crippen LogP contribution in [0.2, 0.25) is 0 Å². The third-order valence-electron chi connectivity index (χ3n) is 2.47. The van der Waals surface area contributed by atoms with E-state index in [4.69, 9.17) is 9.47 Å². The topological polar surface area (TPSA) is 18.5 Å². The third-order valence-corrected chi connectivity index (χ3v) is 2.47. The highest BCUT2D eigenvalue weighted by molar-refractivity contribution is 5.66. The molecule has 0 saturated carbocycles. The number of hydrogen-bond donors (Lipinski definition) is 0. The molecule has 0 aliphatic rings. The first-order valence-electron chi connectivity index (χ1n) is 9.12. The molecular weight excluding hydrogens is 296 g/mol. The van der Waals surface area contributed by atoms with E-state index < -0.39 is 0 Å². The van der Waals surface area contributed by atoms with Crippen LogP contribution in [-0.2, 0) is 0 Å². The van der Waals surface area contributed by atoms with Crippen molar-refractivity contribution in [3.63, 3.8) is 0 Å². The Bertz CT molecular complexity index is 433. The summed E-state index contributed by atoms with van der Waals surface area (Å²) < 4.78 is 10.4. The van der Waals surface area contributed by atoms with Gasteiger partial charge in [-0.1, -0.05) is 79.7 Å². The normalized spacial score (nSPS) is 7.58. The molecule has 0 aromatic heterocycles. The van der Waals surface area contributed by atoms with Crippen LogP contribution in [-0.4, -0.2) is 14.2 Å².